The molecule has 0 spiro atoms. The van der Waals surface area contributed by atoms with Crippen molar-refractivity contribution in [2.75, 3.05) is 32.1 Å². The largest absolute Gasteiger partial charge is 0.356 e. The zero-order valence-electron chi connectivity index (χ0n) is 13.2. The standard InChI is InChI=1S/C16H26FN3S/c1-13-12-15(17)7-6-14(13)8-10-20-16(18-2)19-9-4-5-11-21-3/h6-7,12H,4-5,8-11H2,1-3H3,(H2,18,19,20). The Morgan fingerprint density at radius 3 is 2.67 bits per heavy atom. The summed E-state index contributed by atoms with van der Waals surface area (Å²) in [5.41, 5.74) is 2.16. The highest BCUT2D eigenvalue weighted by Crippen LogP contribution is 2.10. The maximum absolute atomic E-state index is 13.0. The van der Waals surface area contributed by atoms with E-state index >= 15 is 0 Å². The van der Waals surface area contributed by atoms with Crippen molar-refractivity contribution in [1.82, 2.24) is 10.6 Å². The molecule has 0 amide bonds. The van der Waals surface area contributed by atoms with E-state index in [0.717, 1.165) is 37.5 Å². The summed E-state index contributed by atoms with van der Waals surface area (Å²) < 4.78 is 13.0. The fourth-order valence-electron chi connectivity index (χ4n) is 2.05. The lowest BCUT2D eigenvalue weighted by molar-refractivity contribution is 0.625. The van der Waals surface area contributed by atoms with E-state index in [1.54, 1.807) is 13.1 Å². The molecule has 0 radical (unpaired) electrons. The molecular weight excluding hydrogens is 285 g/mol. The lowest BCUT2D eigenvalue weighted by Crippen LogP contribution is -2.38. The third-order valence-electron chi connectivity index (χ3n) is 3.28. The molecule has 0 aliphatic carbocycles. The first kappa shape index (κ1) is 17.8. The maximum Gasteiger partial charge on any atom is 0.190 e. The van der Waals surface area contributed by atoms with Gasteiger partial charge in [0.05, 0.1) is 0 Å². The average molecular weight is 311 g/mol. The topological polar surface area (TPSA) is 36.4 Å². The van der Waals surface area contributed by atoms with Gasteiger partial charge in [0, 0.05) is 20.1 Å². The number of aryl methyl sites for hydroxylation is 1. The van der Waals surface area contributed by atoms with Crippen LogP contribution in [-0.2, 0) is 6.42 Å². The van der Waals surface area contributed by atoms with Gasteiger partial charge in [-0.3, -0.25) is 4.99 Å². The summed E-state index contributed by atoms with van der Waals surface area (Å²) in [5.74, 6) is 1.86. The fraction of sp³-hybridized carbons (Fsp3) is 0.562. The van der Waals surface area contributed by atoms with Crippen LogP contribution in [0.15, 0.2) is 23.2 Å². The average Bonchev–Trinajstić information content (AvgIpc) is 2.47. The van der Waals surface area contributed by atoms with Crippen molar-refractivity contribution in [3.05, 3.63) is 35.1 Å². The fourth-order valence-corrected chi connectivity index (χ4v) is 2.55. The summed E-state index contributed by atoms with van der Waals surface area (Å²) in [6.07, 6.45) is 5.36. The van der Waals surface area contributed by atoms with Gasteiger partial charge in [0.1, 0.15) is 5.82 Å². The Labute approximate surface area is 131 Å². The lowest BCUT2D eigenvalue weighted by atomic mass is 10.1. The number of hydrogen-bond donors (Lipinski definition) is 2. The quantitative estimate of drug-likeness (QED) is 0.440. The second kappa shape index (κ2) is 10.5. The molecule has 0 aliphatic rings. The Balaban J connectivity index is 2.26. The van der Waals surface area contributed by atoms with Crippen LogP contribution in [0.3, 0.4) is 0 Å². The van der Waals surface area contributed by atoms with Gasteiger partial charge in [-0.15, -0.1) is 0 Å². The van der Waals surface area contributed by atoms with Crippen molar-refractivity contribution in [2.24, 2.45) is 4.99 Å². The second-order valence-electron chi connectivity index (χ2n) is 4.95. The van der Waals surface area contributed by atoms with Crippen LogP contribution >= 0.6 is 11.8 Å². The molecule has 0 aromatic heterocycles. The van der Waals surface area contributed by atoms with Gasteiger partial charge in [-0.2, -0.15) is 11.8 Å². The number of aliphatic imine (C=N–C) groups is 1. The van der Waals surface area contributed by atoms with E-state index in [1.165, 1.54) is 23.8 Å². The predicted molar refractivity (Wildman–Crippen MR) is 91.8 cm³/mol. The second-order valence-corrected chi connectivity index (χ2v) is 5.93. The van der Waals surface area contributed by atoms with Crippen molar-refractivity contribution in [1.29, 1.82) is 0 Å². The highest BCUT2D eigenvalue weighted by Gasteiger charge is 2.01. The molecule has 0 saturated heterocycles. The third-order valence-corrected chi connectivity index (χ3v) is 3.98. The van der Waals surface area contributed by atoms with Crippen molar-refractivity contribution in [3.8, 4) is 0 Å². The summed E-state index contributed by atoms with van der Waals surface area (Å²) in [5, 5.41) is 6.60. The summed E-state index contributed by atoms with van der Waals surface area (Å²) >= 11 is 1.88. The van der Waals surface area contributed by atoms with E-state index in [0.29, 0.717) is 0 Å². The lowest BCUT2D eigenvalue weighted by Gasteiger charge is -2.12. The molecule has 0 saturated carbocycles. The zero-order chi connectivity index (χ0) is 15.5. The Bertz CT molecular complexity index is 449. The molecule has 118 valence electrons. The molecule has 3 nitrogen and oxygen atoms in total. The molecule has 2 N–H and O–H groups in total. The molecule has 0 heterocycles. The number of nitrogens with one attached hydrogen (secondary N) is 2. The predicted octanol–water partition coefficient (Wildman–Crippen LogP) is 2.98. The molecule has 0 atom stereocenters. The normalized spacial score (nSPS) is 11.5. The van der Waals surface area contributed by atoms with Crippen LogP contribution in [0.2, 0.25) is 0 Å². The smallest absolute Gasteiger partial charge is 0.190 e. The Morgan fingerprint density at radius 2 is 2.00 bits per heavy atom. The monoisotopic (exact) mass is 311 g/mol. The number of rotatable bonds is 8. The SMILES string of the molecule is CN=C(NCCCCSC)NCCc1ccc(F)cc1C. The number of nitrogens with zero attached hydrogens (tertiary/aromatic N) is 1. The Kier molecular flexibility index (Phi) is 8.90. The van der Waals surface area contributed by atoms with Crippen LogP contribution in [0.1, 0.15) is 24.0 Å². The summed E-state index contributed by atoms with van der Waals surface area (Å²) in [6, 6.07) is 4.94. The van der Waals surface area contributed by atoms with Gasteiger partial charge in [0.15, 0.2) is 5.96 Å². The van der Waals surface area contributed by atoms with E-state index in [9.17, 15) is 4.39 Å². The first-order valence-corrected chi connectivity index (χ1v) is 8.75. The van der Waals surface area contributed by atoms with E-state index in [2.05, 4.69) is 21.9 Å². The highest BCUT2D eigenvalue weighted by atomic mass is 32.2. The third kappa shape index (κ3) is 7.37. The molecule has 5 heteroatoms. The van der Waals surface area contributed by atoms with Gasteiger partial charge in [-0.25, -0.2) is 4.39 Å². The summed E-state index contributed by atoms with van der Waals surface area (Å²) in [4.78, 5) is 4.20. The Hall–Kier alpha value is -1.23. The molecular formula is C16H26FN3S. The molecule has 1 aromatic carbocycles. The molecule has 21 heavy (non-hydrogen) atoms. The molecule has 1 aromatic rings. The molecule has 0 unspecified atom stereocenters. The van der Waals surface area contributed by atoms with Gasteiger partial charge in [0.25, 0.3) is 0 Å². The summed E-state index contributed by atoms with van der Waals surface area (Å²) in [6.45, 7) is 3.67. The first-order chi connectivity index (χ1) is 10.2. The van der Waals surface area contributed by atoms with Crippen molar-refractivity contribution >= 4 is 17.7 Å². The van der Waals surface area contributed by atoms with E-state index in [4.69, 9.17) is 0 Å². The minimum absolute atomic E-state index is 0.174. The Morgan fingerprint density at radius 1 is 1.24 bits per heavy atom. The van der Waals surface area contributed by atoms with Crippen molar-refractivity contribution in [3.63, 3.8) is 0 Å². The number of unbranched alkanes of at least 4 members (excludes halogenated alkanes) is 1. The first-order valence-electron chi connectivity index (χ1n) is 7.36. The van der Waals surface area contributed by atoms with E-state index in [1.807, 2.05) is 24.8 Å². The molecule has 0 aliphatic heterocycles. The minimum atomic E-state index is -0.174. The van der Waals surface area contributed by atoms with Gasteiger partial charge >= 0.3 is 0 Å². The minimum Gasteiger partial charge on any atom is -0.356 e. The number of thioether (sulfide) groups is 1. The van der Waals surface area contributed by atoms with Crippen LogP contribution in [0.25, 0.3) is 0 Å². The molecule has 0 bridgehead atoms. The van der Waals surface area contributed by atoms with Crippen LogP contribution in [0, 0.1) is 12.7 Å². The molecule has 0 fully saturated rings. The van der Waals surface area contributed by atoms with Crippen LogP contribution in [0.5, 0.6) is 0 Å². The van der Waals surface area contributed by atoms with Crippen LogP contribution in [0.4, 0.5) is 4.39 Å². The number of halogens is 1. The van der Waals surface area contributed by atoms with Crippen LogP contribution in [-0.4, -0.2) is 38.1 Å². The highest BCUT2D eigenvalue weighted by molar-refractivity contribution is 7.98. The van der Waals surface area contributed by atoms with Crippen molar-refractivity contribution in [2.45, 2.75) is 26.2 Å². The van der Waals surface area contributed by atoms with E-state index in [-0.39, 0.29) is 5.82 Å². The van der Waals surface area contributed by atoms with Gasteiger partial charge in [-0.05, 0) is 61.5 Å². The van der Waals surface area contributed by atoms with Gasteiger partial charge in [0.2, 0.25) is 0 Å². The molecule has 1 rings (SSSR count). The van der Waals surface area contributed by atoms with Crippen molar-refractivity contribution < 1.29 is 4.39 Å². The maximum atomic E-state index is 13.0. The number of hydrogen-bond acceptors (Lipinski definition) is 2. The number of guanidine groups is 1. The van der Waals surface area contributed by atoms with Gasteiger partial charge < -0.3 is 10.6 Å². The zero-order valence-corrected chi connectivity index (χ0v) is 14.0. The summed E-state index contributed by atoms with van der Waals surface area (Å²) in [7, 11) is 1.78. The van der Waals surface area contributed by atoms with Crippen LogP contribution < -0.4 is 10.6 Å². The van der Waals surface area contributed by atoms with Gasteiger partial charge in [-0.1, -0.05) is 6.07 Å². The number of benzene rings is 1. The van der Waals surface area contributed by atoms with E-state index < -0.39 is 0 Å².